The molecular weight excluding hydrogens is 342 g/mol. The topological polar surface area (TPSA) is 89.5 Å². The van der Waals surface area contributed by atoms with Gasteiger partial charge in [0.15, 0.2) is 15.9 Å². The molecule has 1 aromatic rings. The van der Waals surface area contributed by atoms with Gasteiger partial charge in [0.1, 0.15) is 0 Å². The van der Waals surface area contributed by atoms with E-state index in [1.54, 1.807) is 0 Å². The van der Waals surface area contributed by atoms with E-state index in [4.69, 9.17) is 4.74 Å². The van der Waals surface area contributed by atoms with Gasteiger partial charge in [0.05, 0.1) is 10.5 Å². The van der Waals surface area contributed by atoms with E-state index < -0.39 is 21.9 Å². The van der Waals surface area contributed by atoms with Crippen LogP contribution in [0.4, 0.5) is 0 Å². The van der Waals surface area contributed by atoms with Crippen LogP contribution in [0, 0.1) is 5.92 Å². The zero-order valence-corrected chi connectivity index (χ0v) is 15.5. The van der Waals surface area contributed by atoms with Gasteiger partial charge < -0.3 is 10.1 Å². The zero-order chi connectivity index (χ0) is 18.4. The molecule has 0 aliphatic heterocycles. The Hall–Kier alpha value is -1.89. The number of amides is 1. The number of esters is 1. The van der Waals surface area contributed by atoms with Crippen molar-refractivity contribution in [2.75, 3.05) is 12.8 Å². The van der Waals surface area contributed by atoms with Gasteiger partial charge in [-0.05, 0) is 49.9 Å². The second-order valence-electron chi connectivity index (χ2n) is 6.59. The van der Waals surface area contributed by atoms with Gasteiger partial charge in [-0.25, -0.2) is 13.2 Å². The van der Waals surface area contributed by atoms with Crippen LogP contribution >= 0.6 is 0 Å². The molecule has 0 heterocycles. The van der Waals surface area contributed by atoms with Crippen molar-refractivity contribution in [1.29, 1.82) is 0 Å². The molecule has 7 heteroatoms. The smallest absolute Gasteiger partial charge is 0.338 e. The molecule has 0 saturated heterocycles. The van der Waals surface area contributed by atoms with Crippen LogP contribution < -0.4 is 5.32 Å². The summed E-state index contributed by atoms with van der Waals surface area (Å²) in [7, 11) is -3.32. The van der Waals surface area contributed by atoms with Gasteiger partial charge in [0, 0.05) is 12.8 Å². The van der Waals surface area contributed by atoms with Crippen LogP contribution in [0.5, 0.6) is 0 Å². The summed E-state index contributed by atoms with van der Waals surface area (Å²) in [4.78, 5) is 24.3. The fourth-order valence-electron chi connectivity index (χ4n) is 2.90. The van der Waals surface area contributed by atoms with Crippen LogP contribution in [0.1, 0.15) is 49.4 Å². The van der Waals surface area contributed by atoms with E-state index in [2.05, 4.69) is 5.32 Å². The highest BCUT2D eigenvalue weighted by atomic mass is 32.2. The van der Waals surface area contributed by atoms with Crippen molar-refractivity contribution in [3.63, 3.8) is 0 Å². The molecule has 1 amide bonds. The molecule has 1 aromatic carbocycles. The lowest BCUT2D eigenvalue weighted by molar-refractivity contribution is -0.129. The molecule has 1 aliphatic rings. The number of ether oxygens (including phenoxy) is 1. The fourth-order valence-corrected chi connectivity index (χ4v) is 3.53. The minimum absolute atomic E-state index is 0.127. The lowest BCUT2D eigenvalue weighted by atomic mass is 9.89. The fraction of sp³-hybridized carbons (Fsp3) is 0.556. The molecule has 1 saturated carbocycles. The third-order valence-corrected chi connectivity index (χ3v) is 5.59. The lowest BCUT2D eigenvalue weighted by Crippen LogP contribution is -2.38. The number of nitrogens with one attached hydrogen (secondary N) is 1. The van der Waals surface area contributed by atoms with Crippen molar-refractivity contribution in [3.05, 3.63) is 29.8 Å². The van der Waals surface area contributed by atoms with Gasteiger partial charge in [0.2, 0.25) is 0 Å². The van der Waals surface area contributed by atoms with Crippen molar-refractivity contribution in [2.45, 2.75) is 50.0 Å². The second kappa shape index (κ2) is 8.47. The Balaban J connectivity index is 1.85. The summed E-state index contributed by atoms with van der Waals surface area (Å²) < 4.78 is 28.0. The first-order valence-electron chi connectivity index (χ1n) is 8.56. The van der Waals surface area contributed by atoms with Gasteiger partial charge in [0.25, 0.3) is 5.91 Å². The first-order chi connectivity index (χ1) is 11.8. The van der Waals surface area contributed by atoms with Crippen LogP contribution in [0.3, 0.4) is 0 Å². The van der Waals surface area contributed by atoms with Crippen LogP contribution in [0.15, 0.2) is 29.2 Å². The summed E-state index contributed by atoms with van der Waals surface area (Å²) in [6.07, 6.45) is 6.12. The van der Waals surface area contributed by atoms with Crippen LogP contribution in [0.25, 0.3) is 0 Å². The molecule has 0 radical (unpaired) electrons. The van der Waals surface area contributed by atoms with E-state index in [1.807, 2.05) is 0 Å². The summed E-state index contributed by atoms with van der Waals surface area (Å²) >= 11 is 0. The van der Waals surface area contributed by atoms with Crippen molar-refractivity contribution >= 4 is 21.7 Å². The summed E-state index contributed by atoms with van der Waals surface area (Å²) in [6.45, 7) is 2.14. The number of carbonyl (C=O) groups is 2. The van der Waals surface area contributed by atoms with Gasteiger partial charge in [-0.2, -0.15) is 0 Å². The number of rotatable bonds is 6. The van der Waals surface area contributed by atoms with Gasteiger partial charge >= 0.3 is 5.97 Å². The largest absolute Gasteiger partial charge is 0.449 e. The first kappa shape index (κ1) is 19.4. The zero-order valence-electron chi connectivity index (χ0n) is 14.7. The molecule has 1 N–H and O–H groups in total. The number of carbonyl (C=O) groups excluding carboxylic acids is 2. The molecule has 0 bridgehead atoms. The van der Waals surface area contributed by atoms with E-state index in [9.17, 15) is 18.0 Å². The summed E-state index contributed by atoms with van der Waals surface area (Å²) in [6, 6.07) is 5.45. The molecule has 6 nitrogen and oxygen atoms in total. The summed E-state index contributed by atoms with van der Waals surface area (Å²) in [5.74, 6) is -0.462. The number of hydrogen-bond acceptors (Lipinski definition) is 5. The Morgan fingerprint density at radius 3 is 2.32 bits per heavy atom. The Labute approximate surface area is 148 Å². The maximum atomic E-state index is 12.1. The minimum atomic E-state index is -3.32. The maximum absolute atomic E-state index is 12.1. The SMILES string of the molecule is C[C@H](OC(=O)c1ccc(S(C)(=O)=O)cc1)C(=O)NCC1CCCCC1. The molecular formula is C18H25NO5S. The lowest BCUT2D eigenvalue weighted by Gasteiger charge is -2.22. The summed E-state index contributed by atoms with van der Waals surface area (Å²) in [5.41, 5.74) is 0.208. The number of benzene rings is 1. The molecule has 0 aromatic heterocycles. The highest BCUT2D eigenvalue weighted by Crippen LogP contribution is 2.22. The van der Waals surface area contributed by atoms with Crippen molar-refractivity contribution < 1.29 is 22.7 Å². The van der Waals surface area contributed by atoms with E-state index in [0.29, 0.717) is 12.5 Å². The Morgan fingerprint density at radius 2 is 1.76 bits per heavy atom. The Bertz CT molecular complexity index is 705. The summed E-state index contributed by atoms with van der Waals surface area (Å²) in [5, 5.41) is 2.84. The number of hydrogen-bond donors (Lipinski definition) is 1. The molecule has 25 heavy (non-hydrogen) atoms. The van der Waals surface area contributed by atoms with E-state index >= 15 is 0 Å². The third kappa shape index (κ3) is 5.85. The average Bonchev–Trinajstić information content (AvgIpc) is 2.59. The minimum Gasteiger partial charge on any atom is -0.449 e. The molecule has 1 atom stereocenters. The van der Waals surface area contributed by atoms with Crippen LogP contribution in [-0.4, -0.2) is 39.2 Å². The Kier molecular flexibility index (Phi) is 6.58. The Morgan fingerprint density at radius 1 is 1.16 bits per heavy atom. The number of sulfone groups is 1. The predicted molar refractivity (Wildman–Crippen MR) is 94.0 cm³/mol. The monoisotopic (exact) mass is 367 g/mol. The van der Waals surface area contributed by atoms with Crippen molar-refractivity contribution in [1.82, 2.24) is 5.32 Å². The highest BCUT2D eigenvalue weighted by molar-refractivity contribution is 7.90. The molecule has 2 rings (SSSR count). The van der Waals surface area contributed by atoms with Gasteiger partial charge in [-0.1, -0.05) is 19.3 Å². The second-order valence-corrected chi connectivity index (χ2v) is 8.61. The van der Waals surface area contributed by atoms with E-state index in [1.165, 1.54) is 50.5 Å². The predicted octanol–water partition coefficient (Wildman–Crippen LogP) is 2.33. The molecule has 138 valence electrons. The molecule has 0 unspecified atom stereocenters. The standard InChI is InChI=1S/C18H25NO5S/c1-13(17(20)19-12-14-6-4-3-5-7-14)24-18(21)15-8-10-16(11-9-15)25(2,22)23/h8-11,13-14H,3-7,12H2,1-2H3,(H,19,20)/t13-/m0/s1. The van der Waals surface area contributed by atoms with E-state index in [0.717, 1.165) is 19.1 Å². The molecule has 0 spiro atoms. The van der Waals surface area contributed by atoms with Gasteiger partial charge in [-0.3, -0.25) is 4.79 Å². The van der Waals surface area contributed by atoms with Gasteiger partial charge in [-0.15, -0.1) is 0 Å². The van der Waals surface area contributed by atoms with Crippen LogP contribution in [0.2, 0.25) is 0 Å². The third-order valence-electron chi connectivity index (χ3n) is 4.46. The molecule has 1 aliphatic carbocycles. The van der Waals surface area contributed by atoms with Crippen molar-refractivity contribution in [3.8, 4) is 0 Å². The average molecular weight is 367 g/mol. The van der Waals surface area contributed by atoms with E-state index in [-0.39, 0.29) is 16.4 Å². The quantitative estimate of drug-likeness (QED) is 0.780. The highest BCUT2D eigenvalue weighted by Gasteiger charge is 2.21. The molecule has 1 fully saturated rings. The first-order valence-corrected chi connectivity index (χ1v) is 10.5. The maximum Gasteiger partial charge on any atom is 0.338 e. The van der Waals surface area contributed by atoms with Crippen LogP contribution in [-0.2, 0) is 19.4 Å². The van der Waals surface area contributed by atoms with Crippen molar-refractivity contribution in [2.24, 2.45) is 5.92 Å². The normalized spacial score (nSPS) is 16.9.